The summed E-state index contributed by atoms with van der Waals surface area (Å²) in [5, 5.41) is 5.65. The number of halogens is 1. The normalized spacial score (nSPS) is 19.2. The van der Waals surface area contributed by atoms with Crippen LogP contribution in [0.5, 0.6) is 0 Å². The fraction of sp³-hybridized carbons (Fsp3) is 0.333. The highest BCUT2D eigenvalue weighted by Gasteiger charge is 2.25. The quantitative estimate of drug-likeness (QED) is 0.891. The van der Waals surface area contributed by atoms with E-state index in [1.54, 1.807) is 24.3 Å². The zero-order chi connectivity index (χ0) is 13.0. The molecule has 96 valence electrons. The van der Waals surface area contributed by atoms with E-state index in [1.165, 1.54) is 11.8 Å². The van der Waals surface area contributed by atoms with Gasteiger partial charge in [-0.1, -0.05) is 23.7 Å². The molecular weight excluding hydrogens is 272 g/mol. The molecule has 1 atom stereocenters. The minimum absolute atomic E-state index is 0.0689. The molecule has 0 unspecified atom stereocenters. The Hall–Kier alpha value is -1.20. The predicted molar refractivity (Wildman–Crippen MR) is 74.0 cm³/mol. The smallest absolute Gasteiger partial charge is 0.233 e. The van der Waals surface area contributed by atoms with Crippen LogP contribution in [0.25, 0.3) is 0 Å². The van der Waals surface area contributed by atoms with Crippen molar-refractivity contribution in [3.63, 3.8) is 0 Å². The van der Waals surface area contributed by atoms with Crippen LogP contribution >= 0.6 is 23.4 Å². The van der Waals surface area contributed by atoms with Gasteiger partial charge in [-0.3, -0.25) is 9.59 Å². The Balaban J connectivity index is 1.92. The molecule has 0 radical (unpaired) electrons. The minimum atomic E-state index is -0.304. The maximum absolute atomic E-state index is 11.8. The van der Waals surface area contributed by atoms with Gasteiger partial charge in [0.15, 0.2) is 0 Å². The molecule has 0 bridgehead atoms. The first kappa shape index (κ1) is 13.2. The van der Waals surface area contributed by atoms with E-state index < -0.39 is 0 Å². The number of para-hydroxylation sites is 1. The molecule has 6 heteroatoms. The van der Waals surface area contributed by atoms with Crippen molar-refractivity contribution >= 4 is 40.9 Å². The molecule has 2 rings (SSSR count). The Morgan fingerprint density at radius 1 is 1.50 bits per heavy atom. The fourth-order valence-corrected chi connectivity index (χ4v) is 2.84. The fourth-order valence-electron chi connectivity index (χ4n) is 1.65. The summed E-state index contributed by atoms with van der Waals surface area (Å²) in [6.45, 7) is 0.673. The first-order valence-electron chi connectivity index (χ1n) is 5.60. The lowest BCUT2D eigenvalue weighted by molar-refractivity contribution is -0.123. The summed E-state index contributed by atoms with van der Waals surface area (Å²) in [5.41, 5.74) is 0.574. The van der Waals surface area contributed by atoms with Crippen LogP contribution in [-0.2, 0) is 9.59 Å². The topological polar surface area (TPSA) is 58.2 Å². The van der Waals surface area contributed by atoms with Gasteiger partial charge in [0, 0.05) is 18.7 Å². The first-order valence-corrected chi connectivity index (χ1v) is 7.03. The van der Waals surface area contributed by atoms with Gasteiger partial charge in [-0.15, -0.1) is 11.8 Å². The third-order valence-corrected chi connectivity index (χ3v) is 4.08. The molecular formula is C12H13ClN2O2S. The molecule has 1 aromatic rings. The number of hydrogen-bond acceptors (Lipinski definition) is 3. The lowest BCUT2D eigenvalue weighted by atomic mass is 10.2. The van der Waals surface area contributed by atoms with Gasteiger partial charge in [0.2, 0.25) is 11.8 Å². The Labute approximate surface area is 114 Å². The van der Waals surface area contributed by atoms with Gasteiger partial charge in [-0.05, 0) is 12.1 Å². The number of thioether (sulfide) groups is 1. The Morgan fingerprint density at radius 3 is 3.00 bits per heavy atom. The van der Waals surface area contributed by atoms with Gasteiger partial charge in [0.05, 0.1) is 16.0 Å². The zero-order valence-corrected chi connectivity index (χ0v) is 11.2. The van der Waals surface area contributed by atoms with Crippen molar-refractivity contribution in [1.82, 2.24) is 5.32 Å². The molecule has 1 fully saturated rings. The molecule has 0 spiro atoms. The number of carbonyl (C=O) groups excluding carboxylic acids is 2. The van der Waals surface area contributed by atoms with Crippen LogP contribution in [0.4, 0.5) is 5.69 Å². The van der Waals surface area contributed by atoms with E-state index >= 15 is 0 Å². The van der Waals surface area contributed by atoms with Crippen LogP contribution in [-0.4, -0.2) is 29.4 Å². The van der Waals surface area contributed by atoms with Gasteiger partial charge < -0.3 is 10.6 Å². The van der Waals surface area contributed by atoms with Gasteiger partial charge >= 0.3 is 0 Å². The van der Waals surface area contributed by atoms with Gasteiger partial charge in [0.1, 0.15) is 0 Å². The maximum atomic E-state index is 11.8. The second-order valence-corrected chi connectivity index (χ2v) is 5.60. The van der Waals surface area contributed by atoms with Crippen LogP contribution < -0.4 is 10.6 Å². The van der Waals surface area contributed by atoms with Crippen molar-refractivity contribution in [3.05, 3.63) is 29.3 Å². The van der Waals surface area contributed by atoms with Crippen molar-refractivity contribution in [2.24, 2.45) is 0 Å². The summed E-state index contributed by atoms with van der Waals surface area (Å²) in [7, 11) is 0. The second kappa shape index (κ2) is 6.11. The Morgan fingerprint density at radius 2 is 2.28 bits per heavy atom. The van der Waals surface area contributed by atoms with Crippen LogP contribution in [0, 0.1) is 0 Å². The molecule has 0 aromatic heterocycles. The number of hydrogen-bond donors (Lipinski definition) is 2. The van der Waals surface area contributed by atoms with Gasteiger partial charge in [-0.2, -0.15) is 0 Å². The summed E-state index contributed by atoms with van der Waals surface area (Å²) in [5.74, 6) is 0.577. The van der Waals surface area contributed by atoms with Crippen molar-refractivity contribution in [3.8, 4) is 0 Å². The molecule has 0 aliphatic carbocycles. The number of benzene rings is 1. The highest BCUT2D eigenvalue weighted by Crippen LogP contribution is 2.22. The van der Waals surface area contributed by atoms with E-state index in [0.29, 0.717) is 17.3 Å². The van der Waals surface area contributed by atoms with E-state index in [9.17, 15) is 9.59 Å². The molecule has 0 saturated carbocycles. The molecule has 2 N–H and O–H groups in total. The lowest BCUT2D eigenvalue weighted by Gasteiger charge is -2.20. The summed E-state index contributed by atoms with van der Waals surface area (Å²) < 4.78 is 0. The van der Waals surface area contributed by atoms with Gasteiger partial charge in [-0.25, -0.2) is 0 Å². The SMILES string of the molecule is O=C(C[C@@H]1SCCNC1=O)Nc1ccccc1Cl. The van der Waals surface area contributed by atoms with E-state index in [4.69, 9.17) is 11.6 Å². The summed E-state index contributed by atoms with van der Waals surface area (Å²) in [6, 6.07) is 7.03. The van der Waals surface area contributed by atoms with Crippen molar-refractivity contribution in [1.29, 1.82) is 0 Å². The predicted octanol–water partition coefficient (Wildman–Crippen LogP) is 1.90. The summed E-state index contributed by atoms with van der Waals surface area (Å²) >= 11 is 7.45. The summed E-state index contributed by atoms with van der Waals surface area (Å²) in [4.78, 5) is 23.3. The molecule has 1 aliphatic heterocycles. The average molecular weight is 285 g/mol. The molecule has 2 amide bonds. The van der Waals surface area contributed by atoms with E-state index in [-0.39, 0.29) is 23.5 Å². The second-order valence-electron chi connectivity index (χ2n) is 3.88. The number of nitrogens with one attached hydrogen (secondary N) is 2. The third-order valence-electron chi connectivity index (χ3n) is 2.53. The van der Waals surface area contributed by atoms with E-state index in [2.05, 4.69) is 10.6 Å². The molecule has 1 aromatic carbocycles. The first-order chi connectivity index (χ1) is 8.66. The summed E-state index contributed by atoms with van der Waals surface area (Å²) in [6.07, 6.45) is 0.168. The van der Waals surface area contributed by atoms with Crippen molar-refractivity contribution in [2.45, 2.75) is 11.7 Å². The number of amides is 2. The third kappa shape index (κ3) is 3.40. The molecule has 18 heavy (non-hydrogen) atoms. The Bertz CT molecular complexity index is 467. The standard InChI is InChI=1S/C12H13ClN2O2S/c13-8-3-1-2-4-9(8)15-11(16)7-10-12(17)14-5-6-18-10/h1-4,10H,5-7H2,(H,14,17)(H,15,16)/t10-/m0/s1. The van der Waals surface area contributed by atoms with Crippen LogP contribution in [0.3, 0.4) is 0 Å². The van der Waals surface area contributed by atoms with Crippen LogP contribution in [0.15, 0.2) is 24.3 Å². The zero-order valence-electron chi connectivity index (χ0n) is 9.61. The highest BCUT2D eigenvalue weighted by atomic mass is 35.5. The number of carbonyl (C=O) groups is 2. The number of rotatable bonds is 3. The van der Waals surface area contributed by atoms with Crippen LogP contribution in [0.2, 0.25) is 5.02 Å². The molecule has 1 heterocycles. The molecule has 1 saturated heterocycles. The minimum Gasteiger partial charge on any atom is -0.354 e. The monoisotopic (exact) mass is 284 g/mol. The lowest BCUT2D eigenvalue weighted by Crippen LogP contribution is -2.40. The largest absolute Gasteiger partial charge is 0.354 e. The van der Waals surface area contributed by atoms with Crippen molar-refractivity contribution in [2.75, 3.05) is 17.6 Å². The molecule has 4 nitrogen and oxygen atoms in total. The van der Waals surface area contributed by atoms with Crippen molar-refractivity contribution < 1.29 is 9.59 Å². The average Bonchev–Trinajstić information content (AvgIpc) is 2.35. The maximum Gasteiger partial charge on any atom is 0.233 e. The molecule has 1 aliphatic rings. The van der Waals surface area contributed by atoms with E-state index in [1.807, 2.05) is 0 Å². The van der Waals surface area contributed by atoms with Gasteiger partial charge in [0.25, 0.3) is 0 Å². The number of anilines is 1. The van der Waals surface area contributed by atoms with Crippen LogP contribution in [0.1, 0.15) is 6.42 Å². The van der Waals surface area contributed by atoms with E-state index in [0.717, 1.165) is 5.75 Å². The Kier molecular flexibility index (Phi) is 4.49. The highest BCUT2D eigenvalue weighted by molar-refractivity contribution is 8.00.